The standard InChI is InChI=1S/C9H18FNO3/c1-9(2,3)14-8(13)11(4)5-7(10)6-12/h7,12H,5-6H2,1-4H3. The van der Waals surface area contributed by atoms with Crippen molar-refractivity contribution in [2.75, 3.05) is 20.2 Å². The largest absolute Gasteiger partial charge is 0.444 e. The lowest BCUT2D eigenvalue weighted by Crippen LogP contribution is -2.38. The van der Waals surface area contributed by atoms with Crippen LogP contribution in [0.4, 0.5) is 9.18 Å². The van der Waals surface area contributed by atoms with Crippen molar-refractivity contribution in [3.05, 3.63) is 0 Å². The summed E-state index contributed by atoms with van der Waals surface area (Å²) in [5, 5.41) is 8.44. The molecular weight excluding hydrogens is 189 g/mol. The highest BCUT2D eigenvalue weighted by molar-refractivity contribution is 5.67. The highest BCUT2D eigenvalue weighted by atomic mass is 19.1. The van der Waals surface area contributed by atoms with Gasteiger partial charge in [0.25, 0.3) is 0 Å². The first kappa shape index (κ1) is 13.2. The second-order valence-corrected chi connectivity index (χ2v) is 4.14. The molecule has 0 aromatic rings. The molecule has 0 aliphatic rings. The molecule has 0 aliphatic heterocycles. The molecule has 4 nitrogen and oxygen atoms in total. The molecule has 14 heavy (non-hydrogen) atoms. The summed E-state index contributed by atoms with van der Waals surface area (Å²) in [6.45, 7) is 4.45. The number of nitrogens with zero attached hydrogens (tertiary/aromatic N) is 1. The Morgan fingerprint density at radius 2 is 2.07 bits per heavy atom. The minimum absolute atomic E-state index is 0.161. The molecule has 0 bridgehead atoms. The van der Waals surface area contributed by atoms with Crippen LogP contribution in [0.25, 0.3) is 0 Å². The van der Waals surface area contributed by atoms with Gasteiger partial charge in [0.1, 0.15) is 11.8 Å². The number of hydrogen-bond acceptors (Lipinski definition) is 3. The van der Waals surface area contributed by atoms with Crippen LogP contribution in [0, 0.1) is 0 Å². The van der Waals surface area contributed by atoms with Crippen molar-refractivity contribution in [1.82, 2.24) is 4.90 Å². The zero-order chi connectivity index (χ0) is 11.4. The molecule has 0 saturated heterocycles. The minimum atomic E-state index is -1.42. The predicted octanol–water partition coefficient (Wildman–Crippen LogP) is 1.18. The zero-order valence-electron chi connectivity index (χ0n) is 9.08. The van der Waals surface area contributed by atoms with E-state index in [1.165, 1.54) is 7.05 Å². The van der Waals surface area contributed by atoms with E-state index in [9.17, 15) is 9.18 Å². The number of amides is 1. The molecule has 0 aliphatic carbocycles. The van der Waals surface area contributed by atoms with Gasteiger partial charge in [-0.15, -0.1) is 0 Å². The molecule has 1 amide bonds. The summed E-state index contributed by atoms with van der Waals surface area (Å²) < 4.78 is 17.7. The first-order valence-corrected chi connectivity index (χ1v) is 4.45. The molecule has 5 heteroatoms. The highest BCUT2D eigenvalue weighted by Crippen LogP contribution is 2.09. The van der Waals surface area contributed by atoms with Gasteiger partial charge in [0.05, 0.1) is 13.2 Å². The number of aliphatic hydroxyl groups excluding tert-OH is 1. The molecular formula is C9H18FNO3. The first-order chi connectivity index (χ1) is 6.26. The number of carbonyl (C=O) groups is 1. The molecule has 0 spiro atoms. The summed E-state index contributed by atoms with van der Waals surface area (Å²) in [4.78, 5) is 12.4. The van der Waals surface area contributed by atoms with Gasteiger partial charge in [-0.2, -0.15) is 0 Å². The Morgan fingerprint density at radius 1 is 1.57 bits per heavy atom. The summed E-state index contributed by atoms with van der Waals surface area (Å²) in [7, 11) is 1.43. The van der Waals surface area contributed by atoms with E-state index in [2.05, 4.69) is 0 Å². The number of hydrogen-bond donors (Lipinski definition) is 1. The van der Waals surface area contributed by atoms with E-state index in [-0.39, 0.29) is 6.54 Å². The van der Waals surface area contributed by atoms with Gasteiger partial charge in [0.2, 0.25) is 0 Å². The average molecular weight is 207 g/mol. The van der Waals surface area contributed by atoms with Crippen LogP contribution in [0.2, 0.25) is 0 Å². The number of ether oxygens (including phenoxy) is 1. The van der Waals surface area contributed by atoms with E-state index < -0.39 is 24.5 Å². The van der Waals surface area contributed by atoms with E-state index in [1.54, 1.807) is 20.8 Å². The fourth-order valence-corrected chi connectivity index (χ4v) is 0.769. The van der Waals surface area contributed by atoms with Crippen molar-refractivity contribution in [1.29, 1.82) is 0 Å². The Morgan fingerprint density at radius 3 is 2.43 bits per heavy atom. The van der Waals surface area contributed by atoms with Gasteiger partial charge in [-0.05, 0) is 20.8 Å². The normalized spacial score (nSPS) is 13.6. The van der Waals surface area contributed by atoms with Gasteiger partial charge in [-0.1, -0.05) is 0 Å². The third-order valence-electron chi connectivity index (χ3n) is 1.38. The van der Waals surface area contributed by atoms with Gasteiger partial charge in [0.15, 0.2) is 0 Å². The number of alkyl halides is 1. The summed E-state index contributed by atoms with van der Waals surface area (Å²) in [6, 6.07) is 0. The van der Waals surface area contributed by atoms with Crippen LogP contribution < -0.4 is 0 Å². The molecule has 1 unspecified atom stereocenters. The van der Waals surface area contributed by atoms with Crippen molar-refractivity contribution in [2.24, 2.45) is 0 Å². The first-order valence-electron chi connectivity index (χ1n) is 4.45. The Hall–Kier alpha value is -0.840. The van der Waals surface area contributed by atoms with Crippen molar-refractivity contribution in [3.63, 3.8) is 0 Å². The number of halogens is 1. The Kier molecular flexibility index (Phi) is 4.83. The Bertz CT molecular complexity index is 191. The Balaban J connectivity index is 4.00. The molecule has 0 aromatic carbocycles. The number of aliphatic hydroxyl groups is 1. The second-order valence-electron chi connectivity index (χ2n) is 4.14. The SMILES string of the molecule is CN(CC(F)CO)C(=O)OC(C)(C)C. The highest BCUT2D eigenvalue weighted by Gasteiger charge is 2.21. The van der Waals surface area contributed by atoms with Crippen molar-refractivity contribution in [3.8, 4) is 0 Å². The van der Waals surface area contributed by atoms with E-state index in [0.29, 0.717) is 0 Å². The third-order valence-corrected chi connectivity index (χ3v) is 1.38. The fourth-order valence-electron chi connectivity index (χ4n) is 0.769. The second kappa shape index (κ2) is 5.14. The molecule has 1 atom stereocenters. The van der Waals surface area contributed by atoms with Crippen LogP contribution in [-0.4, -0.2) is 48.1 Å². The van der Waals surface area contributed by atoms with E-state index in [0.717, 1.165) is 4.90 Å². The van der Waals surface area contributed by atoms with Gasteiger partial charge in [0, 0.05) is 7.05 Å². The van der Waals surface area contributed by atoms with E-state index in [4.69, 9.17) is 9.84 Å². The maximum Gasteiger partial charge on any atom is 0.410 e. The smallest absolute Gasteiger partial charge is 0.410 e. The number of rotatable bonds is 3. The van der Waals surface area contributed by atoms with Gasteiger partial charge in [-0.25, -0.2) is 9.18 Å². The molecule has 0 saturated carbocycles. The maximum absolute atomic E-state index is 12.7. The van der Waals surface area contributed by atoms with Gasteiger partial charge in [-0.3, -0.25) is 0 Å². The fraction of sp³-hybridized carbons (Fsp3) is 0.889. The summed E-state index contributed by atoms with van der Waals surface area (Å²) in [5.41, 5.74) is -0.587. The van der Waals surface area contributed by atoms with Crippen LogP contribution in [0.5, 0.6) is 0 Å². The summed E-state index contributed by atoms with van der Waals surface area (Å²) >= 11 is 0. The van der Waals surface area contributed by atoms with Crippen LogP contribution in [0.3, 0.4) is 0 Å². The monoisotopic (exact) mass is 207 g/mol. The van der Waals surface area contributed by atoms with Gasteiger partial charge >= 0.3 is 6.09 Å². The lowest BCUT2D eigenvalue weighted by Gasteiger charge is -2.25. The summed E-state index contributed by atoms with van der Waals surface area (Å²) in [6.07, 6.45) is -2.01. The zero-order valence-corrected chi connectivity index (χ0v) is 9.08. The average Bonchev–Trinajstić information content (AvgIpc) is 2.00. The molecule has 0 heterocycles. The van der Waals surface area contributed by atoms with Crippen molar-refractivity contribution >= 4 is 6.09 Å². The molecule has 0 aromatic heterocycles. The predicted molar refractivity (Wildman–Crippen MR) is 50.8 cm³/mol. The number of carbonyl (C=O) groups excluding carboxylic acids is 1. The molecule has 0 rings (SSSR count). The van der Waals surface area contributed by atoms with Crippen molar-refractivity contribution < 1.29 is 19.0 Å². The van der Waals surface area contributed by atoms with Crippen LogP contribution in [0.15, 0.2) is 0 Å². The van der Waals surface area contributed by atoms with Crippen LogP contribution in [0.1, 0.15) is 20.8 Å². The maximum atomic E-state index is 12.7. The molecule has 1 N–H and O–H groups in total. The molecule has 84 valence electrons. The van der Waals surface area contributed by atoms with Crippen LogP contribution >= 0.6 is 0 Å². The van der Waals surface area contributed by atoms with E-state index >= 15 is 0 Å². The third kappa shape index (κ3) is 5.75. The molecule has 0 radical (unpaired) electrons. The quantitative estimate of drug-likeness (QED) is 0.756. The topological polar surface area (TPSA) is 49.8 Å². The van der Waals surface area contributed by atoms with Crippen molar-refractivity contribution in [2.45, 2.75) is 32.5 Å². The Labute approximate surface area is 83.7 Å². The molecule has 0 fully saturated rings. The van der Waals surface area contributed by atoms with Crippen LogP contribution in [-0.2, 0) is 4.74 Å². The lowest BCUT2D eigenvalue weighted by molar-refractivity contribution is 0.0233. The minimum Gasteiger partial charge on any atom is -0.444 e. The van der Waals surface area contributed by atoms with Gasteiger partial charge < -0.3 is 14.7 Å². The lowest BCUT2D eigenvalue weighted by atomic mass is 10.2. The van der Waals surface area contributed by atoms with E-state index in [1.807, 2.05) is 0 Å². The summed E-state index contributed by atoms with van der Waals surface area (Å²) in [5.74, 6) is 0.